The van der Waals surface area contributed by atoms with Crippen molar-refractivity contribution in [3.63, 3.8) is 0 Å². The minimum Gasteiger partial charge on any atom is -0.377 e. The van der Waals surface area contributed by atoms with Gasteiger partial charge in [-0.3, -0.25) is 9.48 Å². The standard InChI is InChI=1S/C33H30N4O2/c1-21-8-4-7-11-30(21)37-31(26-16-34-36(17-26)27-19-39-20-27)15-28-29(18-35(3)33(38)32(28)37)22(2)24-13-12-23-9-5-6-10-25(23)14-24/h4-18,22,27H,19-20H2,1-3H3. The van der Waals surface area contributed by atoms with Gasteiger partial charge in [-0.15, -0.1) is 0 Å². The molecule has 1 aliphatic rings. The van der Waals surface area contributed by atoms with Crippen LogP contribution in [-0.4, -0.2) is 32.1 Å². The van der Waals surface area contributed by atoms with Gasteiger partial charge in [-0.1, -0.05) is 67.6 Å². The van der Waals surface area contributed by atoms with Gasteiger partial charge < -0.3 is 13.9 Å². The lowest BCUT2D eigenvalue weighted by molar-refractivity contribution is -0.0286. The molecule has 3 aromatic heterocycles. The van der Waals surface area contributed by atoms with Crippen molar-refractivity contribution >= 4 is 21.7 Å². The molecule has 1 fully saturated rings. The fourth-order valence-electron chi connectivity index (χ4n) is 5.77. The SMILES string of the molecule is Cc1ccccc1-n1c(-c2cnn(C3COC3)c2)cc2c(C(C)c3ccc4ccccc4c3)cn(C)c(=O)c21. The zero-order valence-corrected chi connectivity index (χ0v) is 22.3. The van der Waals surface area contributed by atoms with Crippen molar-refractivity contribution in [1.82, 2.24) is 18.9 Å². The number of hydrogen-bond acceptors (Lipinski definition) is 3. The van der Waals surface area contributed by atoms with Crippen LogP contribution in [0.2, 0.25) is 0 Å². The highest BCUT2D eigenvalue weighted by Crippen LogP contribution is 2.37. The molecule has 0 amide bonds. The summed E-state index contributed by atoms with van der Waals surface area (Å²) in [5.41, 5.74) is 7.04. The summed E-state index contributed by atoms with van der Waals surface area (Å²) in [6.45, 7) is 5.67. The van der Waals surface area contributed by atoms with Crippen LogP contribution in [0.15, 0.2) is 96.2 Å². The average molecular weight is 515 g/mol. The van der Waals surface area contributed by atoms with Crippen molar-refractivity contribution in [3.05, 3.63) is 118 Å². The number of ether oxygens (including phenoxy) is 1. The fourth-order valence-corrected chi connectivity index (χ4v) is 5.77. The highest BCUT2D eigenvalue weighted by atomic mass is 16.5. The van der Waals surface area contributed by atoms with Gasteiger partial charge in [0.2, 0.25) is 0 Å². The largest absolute Gasteiger partial charge is 0.377 e. The van der Waals surface area contributed by atoms with Crippen LogP contribution in [0.3, 0.4) is 0 Å². The van der Waals surface area contributed by atoms with E-state index >= 15 is 0 Å². The minimum atomic E-state index is -0.0197. The van der Waals surface area contributed by atoms with E-state index in [0.29, 0.717) is 18.7 Å². The molecule has 7 rings (SSSR count). The van der Waals surface area contributed by atoms with Crippen LogP contribution >= 0.6 is 0 Å². The monoisotopic (exact) mass is 514 g/mol. The quantitative estimate of drug-likeness (QED) is 0.268. The smallest absolute Gasteiger partial charge is 0.275 e. The number of aromatic nitrogens is 4. The summed E-state index contributed by atoms with van der Waals surface area (Å²) in [6, 6.07) is 25.7. The first kappa shape index (κ1) is 23.7. The molecule has 0 saturated carbocycles. The molecule has 6 heteroatoms. The second-order valence-corrected chi connectivity index (χ2v) is 10.6. The maximum absolute atomic E-state index is 13.8. The maximum atomic E-state index is 13.8. The molecular weight excluding hydrogens is 484 g/mol. The second kappa shape index (κ2) is 9.10. The van der Waals surface area contributed by atoms with Gasteiger partial charge in [0.1, 0.15) is 5.52 Å². The topological polar surface area (TPSA) is 54.0 Å². The van der Waals surface area contributed by atoms with Gasteiger partial charge in [0.25, 0.3) is 5.56 Å². The second-order valence-electron chi connectivity index (χ2n) is 10.6. The van der Waals surface area contributed by atoms with Crippen LogP contribution < -0.4 is 5.56 Å². The highest BCUT2D eigenvalue weighted by Gasteiger charge is 2.25. The lowest BCUT2D eigenvalue weighted by Gasteiger charge is -2.25. The van der Waals surface area contributed by atoms with Gasteiger partial charge >= 0.3 is 0 Å². The Hall–Kier alpha value is -4.42. The zero-order valence-electron chi connectivity index (χ0n) is 22.3. The van der Waals surface area contributed by atoms with Crippen molar-refractivity contribution in [2.75, 3.05) is 13.2 Å². The van der Waals surface area contributed by atoms with Crippen LogP contribution in [0, 0.1) is 6.92 Å². The highest BCUT2D eigenvalue weighted by molar-refractivity contribution is 5.92. The van der Waals surface area contributed by atoms with Crippen LogP contribution in [0.5, 0.6) is 0 Å². The number of fused-ring (bicyclic) bond motifs is 2. The molecule has 1 atom stereocenters. The fraction of sp³-hybridized carbons (Fsp3) is 0.212. The summed E-state index contributed by atoms with van der Waals surface area (Å²) in [5.74, 6) is 0.0827. The van der Waals surface area contributed by atoms with Gasteiger partial charge in [-0.05, 0) is 46.5 Å². The summed E-state index contributed by atoms with van der Waals surface area (Å²) in [5, 5.41) is 8.06. The van der Waals surface area contributed by atoms with Gasteiger partial charge in [-0.2, -0.15) is 5.10 Å². The number of aryl methyl sites for hydroxylation is 2. The first-order chi connectivity index (χ1) is 19.0. The van der Waals surface area contributed by atoms with Gasteiger partial charge in [0.15, 0.2) is 0 Å². The molecule has 0 N–H and O–H groups in total. The van der Waals surface area contributed by atoms with E-state index in [4.69, 9.17) is 4.74 Å². The van der Waals surface area contributed by atoms with Gasteiger partial charge in [0.05, 0.1) is 31.1 Å². The Kier molecular flexibility index (Phi) is 5.53. The van der Waals surface area contributed by atoms with E-state index in [1.54, 1.807) is 4.57 Å². The Bertz CT molecular complexity index is 1920. The third-order valence-corrected chi connectivity index (χ3v) is 8.16. The molecule has 1 saturated heterocycles. The molecule has 39 heavy (non-hydrogen) atoms. The molecule has 0 bridgehead atoms. The number of pyridine rings is 1. The molecule has 4 heterocycles. The summed E-state index contributed by atoms with van der Waals surface area (Å²) in [7, 11) is 1.85. The van der Waals surface area contributed by atoms with Crippen molar-refractivity contribution in [2.45, 2.75) is 25.8 Å². The van der Waals surface area contributed by atoms with E-state index < -0.39 is 0 Å². The Morgan fingerprint density at radius 1 is 0.949 bits per heavy atom. The molecular formula is C33H30N4O2. The molecule has 3 aromatic carbocycles. The molecule has 194 valence electrons. The van der Waals surface area contributed by atoms with Crippen LogP contribution in [-0.2, 0) is 11.8 Å². The first-order valence-corrected chi connectivity index (χ1v) is 13.4. The lowest BCUT2D eigenvalue weighted by atomic mass is 9.90. The Morgan fingerprint density at radius 2 is 1.72 bits per heavy atom. The van der Waals surface area contributed by atoms with E-state index in [2.05, 4.69) is 90.4 Å². The van der Waals surface area contributed by atoms with E-state index in [1.165, 1.54) is 16.3 Å². The molecule has 0 spiro atoms. The molecule has 6 nitrogen and oxygen atoms in total. The summed E-state index contributed by atoms with van der Waals surface area (Å²) < 4.78 is 11.2. The molecule has 0 radical (unpaired) electrons. The Labute approximate surface area is 226 Å². The maximum Gasteiger partial charge on any atom is 0.275 e. The average Bonchev–Trinajstić information content (AvgIpc) is 3.55. The zero-order chi connectivity index (χ0) is 26.7. The Balaban J connectivity index is 1.49. The van der Waals surface area contributed by atoms with Crippen molar-refractivity contribution in [3.8, 4) is 16.9 Å². The van der Waals surface area contributed by atoms with E-state index in [1.807, 2.05) is 36.3 Å². The number of benzene rings is 3. The molecule has 6 aromatic rings. The van der Waals surface area contributed by atoms with Crippen LogP contribution in [0.4, 0.5) is 0 Å². The molecule has 1 unspecified atom stereocenters. The number of para-hydroxylation sites is 1. The molecule has 0 aliphatic carbocycles. The third-order valence-electron chi connectivity index (χ3n) is 8.16. The van der Waals surface area contributed by atoms with Gasteiger partial charge in [-0.25, -0.2) is 0 Å². The van der Waals surface area contributed by atoms with E-state index in [-0.39, 0.29) is 17.5 Å². The third kappa shape index (κ3) is 3.82. The van der Waals surface area contributed by atoms with Gasteiger partial charge in [0, 0.05) is 42.0 Å². The summed E-state index contributed by atoms with van der Waals surface area (Å²) in [4.78, 5) is 13.8. The number of rotatable bonds is 5. The number of hydrogen-bond donors (Lipinski definition) is 0. The first-order valence-electron chi connectivity index (χ1n) is 13.4. The summed E-state index contributed by atoms with van der Waals surface area (Å²) >= 11 is 0. The number of nitrogens with zero attached hydrogens (tertiary/aromatic N) is 4. The van der Waals surface area contributed by atoms with Crippen molar-refractivity contribution in [2.24, 2.45) is 7.05 Å². The van der Waals surface area contributed by atoms with E-state index in [0.717, 1.165) is 33.5 Å². The molecule has 1 aliphatic heterocycles. The Morgan fingerprint density at radius 3 is 2.49 bits per heavy atom. The van der Waals surface area contributed by atoms with Crippen LogP contribution in [0.25, 0.3) is 38.6 Å². The van der Waals surface area contributed by atoms with Crippen molar-refractivity contribution in [1.29, 1.82) is 0 Å². The normalized spacial score (nSPS) is 14.6. The minimum absolute atomic E-state index is 0.0197. The summed E-state index contributed by atoms with van der Waals surface area (Å²) in [6.07, 6.45) is 5.98. The lowest BCUT2D eigenvalue weighted by Crippen LogP contribution is -2.30. The predicted octanol–water partition coefficient (Wildman–Crippen LogP) is 6.38. The van der Waals surface area contributed by atoms with Crippen LogP contribution in [0.1, 0.15) is 35.6 Å². The predicted molar refractivity (Wildman–Crippen MR) is 156 cm³/mol. The van der Waals surface area contributed by atoms with E-state index in [9.17, 15) is 4.79 Å². The van der Waals surface area contributed by atoms with Crippen molar-refractivity contribution < 1.29 is 4.74 Å².